The molecule has 1 aromatic carbocycles. The van der Waals surface area contributed by atoms with Gasteiger partial charge in [-0.15, -0.1) is 0 Å². The number of ether oxygens (including phenoxy) is 1. The second-order valence-corrected chi connectivity index (χ2v) is 8.82. The van der Waals surface area contributed by atoms with Crippen molar-refractivity contribution in [2.24, 2.45) is 0 Å². The maximum absolute atomic E-state index is 10.3. The number of nitrogens with one attached hydrogen (secondary N) is 1. The highest BCUT2D eigenvalue weighted by molar-refractivity contribution is 6.38. The Balaban J connectivity index is 1.35. The van der Waals surface area contributed by atoms with Crippen LogP contribution in [0.15, 0.2) is 30.7 Å². The number of halogens is 2. The first kappa shape index (κ1) is 26.8. The molecule has 1 heterocycles. The van der Waals surface area contributed by atoms with Crippen molar-refractivity contribution in [1.29, 1.82) is 0 Å². The van der Waals surface area contributed by atoms with Crippen molar-refractivity contribution in [3.63, 3.8) is 0 Å². The summed E-state index contributed by atoms with van der Waals surface area (Å²) >= 11 is 12.0. The molecule has 0 saturated heterocycles. The van der Waals surface area contributed by atoms with E-state index in [4.69, 9.17) is 33.7 Å². The van der Waals surface area contributed by atoms with Crippen LogP contribution in [0.1, 0.15) is 68.7 Å². The van der Waals surface area contributed by atoms with E-state index in [1.807, 2.05) is 6.20 Å². The molecular weight excluding hydrogens is 447 g/mol. The molecule has 0 aliphatic rings. The topological polar surface area (TPSA) is 93.3 Å². The van der Waals surface area contributed by atoms with Crippen molar-refractivity contribution < 1.29 is 9.84 Å². The second kappa shape index (κ2) is 16.2. The van der Waals surface area contributed by atoms with E-state index in [1.54, 1.807) is 24.5 Å². The Bertz CT molecular complexity index is 742. The molecule has 2 rings (SSSR count). The minimum Gasteiger partial charge on any atom is -0.396 e. The SMILES string of the molecule is Nc1c(Cl)cc(C(O)CNCCCCCCOCCCCCCc2cnccn2)cc1Cl. The molecule has 1 aromatic heterocycles. The summed E-state index contributed by atoms with van der Waals surface area (Å²) in [5.74, 6) is 0. The fourth-order valence-electron chi connectivity index (χ4n) is 3.39. The van der Waals surface area contributed by atoms with Gasteiger partial charge in [-0.1, -0.05) is 48.9 Å². The van der Waals surface area contributed by atoms with Crippen molar-refractivity contribution in [2.45, 2.75) is 63.9 Å². The number of nitrogens with two attached hydrogens (primary N) is 1. The largest absolute Gasteiger partial charge is 0.396 e. The quantitative estimate of drug-likeness (QED) is 0.207. The zero-order valence-electron chi connectivity index (χ0n) is 18.7. The smallest absolute Gasteiger partial charge is 0.0915 e. The first-order valence-corrected chi connectivity index (χ1v) is 12.3. The molecule has 1 atom stereocenters. The minimum absolute atomic E-state index is 0.343. The van der Waals surface area contributed by atoms with E-state index >= 15 is 0 Å². The Morgan fingerprint density at radius 2 is 1.59 bits per heavy atom. The van der Waals surface area contributed by atoms with Crippen LogP contribution >= 0.6 is 23.2 Å². The van der Waals surface area contributed by atoms with Gasteiger partial charge in [-0.25, -0.2) is 0 Å². The molecule has 0 fully saturated rings. The molecule has 0 radical (unpaired) electrons. The molecule has 2 aromatic rings. The van der Waals surface area contributed by atoms with Gasteiger partial charge in [0.1, 0.15) is 0 Å². The van der Waals surface area contributed by atoms with Crippen molar-refractivity contribution in [2.75, 3.05) is 32.0 Å². The number of aliphatic hydroxyl groups excluding tert-OH is 1. The Labute approximate surface area is 201 Å². The van der Waals surface area contributed by atoms with E-state index in [9.17, 15) is 5.11 Å². The van der Waals surface area contributed by atoms with Crippen LogP contribution in [0.4, 0.5) is 5.69 Å². The molecule has 0 aliphatic heterocycles. The summed E-state index contributed by atoms with van der Waals surface area (Å²) in [7, 11) is 0. The van der Waals surface area contributed by atoms with E-state index in [0.717, 1.165) is 70.4 Å². The average Bonchev–Trinajstić information content (AvgIpc) is 2.80. The summed E-state index contributed by atoms with van der Waals surface area (Å²) in [6.45, 7) is 3.01. The predicted octanol–water partition coefficient (Wildman–Crippen LogP) is 5.37. The molecule has 0 bridgehead atoms. The van der Waals surface area contributed by atoms with Gasteiger partial charge in [-0.2, -0.15) is 0 Å². The number of hydrogen-bond acceptors (Lipinski definition) is 6. The fourth-order valence-corrected chi connectivity index (χ4v) is 3.89. The summed E-state index contributed by atoms with van der Waals surface area (Å²) in [6.07, 6.45) is 14.8. The molecule has 32 heavy (non-hydrogen) atoms. The van der Waals surface area contributed by atoms with Crippen molar-refractivity contribution >= 4 is 28.9 Å². The van der Waals surface area contributed by atoms with Crippen molar-refractivity contribution in [3.05, 3.63) is 52.0 Å². The lowest BCUT2D eigenvalue weighted by Gasteiger charge is -2.14. The third-order valence-electron chi connectivity index (χ3n) is 5.30. The molecule has 1 unspecified atom stereocenters. The van der Waals surface area contributed by atoms with Gasteiger partial charge >= 0.3 is 0 Å². The maximum Gasteiger partial charge on any atom is 0.0915 e. The highest BCUT2D eigenvalue weighted by atomic mass is 35.5. The number of nitrogens with zero attached hydrogens (tertiary/aromatic N) is 2. The number of aromatic nitrogens is 2. The molecule has 0 aliphatic carbocycles. The van der Waals surface area contributed by atoms with Crippen molar-refractivity contribution in [1.82, 2.24) is 15.3 Å². The lowest BCUT2D eigenvalue weighted by Crippen LogP contribution is -2.22. The molecule has 4 N–H and O–H groups in total. The molecular formula is C24H36Cl2N4O2. The van der Waals surface area contributed by atoms with E-state index < -0.39 is 6.10 Å². The monoisotopic (exact) mass is 482 g/mol. The van der Waals surface area contributed by atoms with Gasteiger partial charge < -0.3 is 20.9 Å². The highest BCUT2D eigenvalue weighted by Crippen LogP contribution is 2.31. The normalized spacial score (nSPS) is 12.2. The van der Waals surface area contributed by atoms with Crippen LogP contribution in [0.5, 0.6) is 0 Å². The molecule has 0 spiro atoms. The third-order valence-corrected chi connectivity index (χ3v) is 5.93. The number of unbranched alkanes of at least 4 members (excludes halogenated alkanes) is 6. The first-order chi connectivity index (χ1) is 15.6. The van der Waals surface area contributed by atoms with Gasteiger partial charge in [0.15, 0.2) is 0 Å². The number of aryl methyl sites for hydroxylation is 1. The van der Waals surface area contributed by atoms with E-state index in [0.29, 0.717) is 27.8 Å². The van der Waals surface area contributed by atoms with Crippen LogP contribution in [0.3, 0.4) is 0 Å². The summed E-state index contributed by atoms with van der Waals surface area (Å²) in [4.78, 5) is 8.38. The molecule has 8 heteroatoms. The second-order valence-electron chi connectivity index (χ2n) is 8.01. The Kier molecular flexibility index (Phi) is 13.6. The average molecular weight is 483 g/mol. The molecule has 0 saturated carbocycles. The van der Waals surface area contributed by atoms with Gasteiger partial charge in [-0.05, 0) is 56.3 Å². The lowest BCUT2D eigenvalue weighted by molar-refractivity contribution is 0.125. The summed E-state index contributed by atoms with van der Waals surface area (Å²) in [6, 6.07) is 3.32. The van der Waals surface area contributed by atoms with Gasteiger partial charge in [0.2, 0.25) is 0 Å². The zero-order chi connectivity index (χ0) is 23.0. The zero-order valence-corrected chi connectivity index (χ0v) is 20.3. The van der Waals surface area contributed by atoms with Crippen LogP contribution in [0.2, 0.25) is 10.0 Å². The van der Waals surface area contributed by atoms with Gasteiger partial charge in [0, 0.05) is 38.3 Å². The van der Waals surface area contributed by atoms with Gasteiger partial charge in [0.05, 0.1) is 27.5 Å². The van der Waals surface area contributed by atoms with Crippen LogP contribution in [0.25, 0.3) is 0 Å². The summed E-state index contributed by atoms with van der Waals surface area (Å²) in [5.41, 5.74) is 7.82. The number of hydrogen-bond donors (Lipinski definition) is 3. The maximum atomic E-state index is 10.3. The Hall–Kier alpha value is -1.44. The van der Waals surface area contributed by atoms with Crippen LogP contribution in [0, 0.1) is 0 Å². The first-order valence-electron chi connectivity index (χ1n) is 11.5. The number of benzene rings is 1. The van der Waals surface area contributed by atoms with Gasteiger partial charge in [-0.3, -0.25) is 9.97 Å². The fraction of sp³-hybridized carbons (Fsp3) is 0.583. The standard InChI is InChI=1S/C24H36Cl2N4O2/c25-21-15-19(16-22(26)24(21)27)23(31)18-28-10-6-2-4-8-14-32-13-7-3-1-5-9-20-17-29-11-12-30-20/h11-12,15-17,23,28,31H,1-10,13-14,18,27H2. The molecule has 0 amide bonds. The van der Waals surface area contributed by atoms with Crippen molar-refractivity contribution in [3.8, 4) is 0 Å². The van der Waals surface area contributed by atoms with Crippen LogP contribution < -0.4 is 11.1 Å². The highest BCUT2D eigenvalue weighted by Gasteiger charge is 2.11. The third kappa shape index (κ3) is 10.9. The number of nitrogen functional groups attached to an aromatic ring is 1. The molecule has 6 nitrogen and oxygen atoms in total. The lowest BCUT2D eigenvalue weighted by atomic mass is 10.1. The Morgan fingerprint density at radius 3 is 2.25 bits per heavy atom. The Morgan fingerprint density at radius 1 is 0.938 bits per heavy atom. The minimum atomic E-state index is -0.661. The predicted molar refractivity (Wildman–Crippen MR) is 132 cm³/mol. The molecule has 178 valence electrons. The van der Waals surface area contributed by atoms with Gasteiger partial charge in [0.25, 0.3) is 0 Å². The number of rotatable bonds is 17. The van der Waals surface area contributed by atoms with E-state index in [-0.39, 0.29) is 0 Å². The summed E-state index contributed by atoms with van der Waals surface area (Å²) in [5, 5.41) is 14.3. The van der Waals surface area contributed by atoms with E-state index in [1.165, 1.54) is 12.8 Å². The van der Waals surface area contributed by atoms with E-state index in [2.05, 4.69) is 15.3 Å². The summed E-state index contributed by atoms with van der Waals surface area (Å²) < 4.78 is 5.73. The van der Waals surface area contributed by atoms with Crippen LogP contribution in [-0.2, 0) is 11.2 Å². The number of anilines is 1. The van der Waals surface area contributed by atoms with Crippen LogP contribution in [-0.4, -0.2) is 41.4 Å². The number of aliphatic hydroxyl groups is 1.